The standard InChI is InChI=1S/C16H28N2/c1-4-13(5-2)12-18-16(11-17)15-9-7-14(6-3)8-10-15/h7-10,13,16,18H,4-6,11-12,17H2,1-3H3. The van der Waals surface area contributed by atoms with Gasteiger partial charge in [-0.15, -0.1) is 0 Å². The lowest BCUT2D eigenvalue weighted by molar-refractivity contribution is 0.414. The van der Waals surface area contributed by atoms with Crippen LogP contribution in [0.15, 0.2) is 24.3 Å². The molecule has 18 heavy (non-hydrogen) atoms. The molecule has 0 fully saturated rings. The van der Waals surface area contributed by atoms with Crippen LogP contribution >= 0.6 is 0 Å². The van der Waals surface area contributed by atoms with E-state index < -0.39 is 0 Å². The molecular weight excluding hydrogens is 220 g/mol. The van der Waals surface area contributed by atoms with Crippen LogP contribution < -0.4 is 11.1 Å². The Bertz CT molecular complexity index is 314. The lowest BCUT2D eigenvalue weighted by Crippen LogP contribution is -2.32. The molecule has 2 heteroatoms. The predicted molar refractivity (Wildman–Crippen MR) is 79.7 cm³/mol. The van der Waals surface area contributed by atoms with Gasteiger partial charge in [0.15, 0.2) is 0 Å². The molecule has 1 aromatic carbocycles. The Morgan fingerprint density at radius 1 is 1.06 bits per heavy atom. The first kappa shape index (κ1) is 15.2. The second-order valence-electron chi connectivity index (χ2n) is 4.97. The van der Waals surface area contributed by atoms with Gasteiger partial charge in [-0.1, -0.05) is 57.9 Å². The quantitative estimate of drug-likeness (QED) is 0.741. The number of hydrogen-bond acceptors (Lipinski definition) is 2. The summed E-state index contributed by atoms with van der Waals surface area (Å²) in [6.07, 6.45) is 3.56. The van der Waals surface area contributed by atoms with Gasteiger partial charge in [0.1, 0.15) is 0 Å². The number of hydrogen-bond donors (Lipinski definition) is 2. The summed E-state index contributed by atoms with van der Waals surface area (Å²) in [6.45, 7) is 8.41. The molecule has 0 aromatic heterocycles. The molecule has 0 amide bonds. The Morgan fingerprint density at radius 2 is 1.67 bits per heavy atom. The summed E-state index contributed by atoms with van der Waals surface area (Å²) in [5.74, 6) is 0.758. The highest BCUT2D eigenvalue weighted by atomic mass is 14.9. The van der Waals surface area contributed by atoms with Crippen molar-refractivity contribution in [2.75, 3.05) is 13.1 Å². The molecule has 0 radical (unpaired) electrons. The zero-order valence-corrected chi connectivity index (χ0v) is 12.1. The minimum Gasteiger partial charge on any atom is -0.329 e. The van der Waals surface area contributed by atoms with Crippen LogP contribution in [0.1, 0.15) is 50.8 Å². The van der Waals surface area contributed by atoms with Crippen molar-refractivity contribution in [1.29, 1.82) is 0 Å². The van der Waals surface area contributed by atoms with Gasteiger partial charge in [0.2, 0.25) is 0 Å². The number of benzene rings is 1. The van der Waals surface area contributed by atoms with Gasteiger partial charge in [0.25, 0.3) is 0 Å². The normalized spacial score (nSPS) is 12.9. The van der Waals surface area contributed by atoms with E-state index in [2.05, 4.69) is 50.4 Å². The zero-order valence-electron chi connectivity index (χ0n) is 12.1. The summed E-state index contributed by atoms with van der Waals surface area (Å²) in [5, 5.41) is 3.60. The van der Waals surface area contributed by atoms with Crippen molar-refractivity contribution in [2.24, 2.45) is 11.7 Å². The maximum atomic E-state index is 5.88. The smallest absolute Gasteiger partial charge is 0.0444 e. The summed E-state index contributed by atoms with van der Waals surface area (Å²) in [6, 6.07) is 9.11. The Morgan fingerprint density at radius 3 is 2.11 bits per heavy atom. The van der Waals surface area contributed by atoms with Gasteiger partial charge < -0.3 is 11.1 Å². The zero-order chi connectivity index (χ0) is 13.4. The van der Waals surface area contributed by atoms with Gasteiger partial charge in [-0.3, -0.25) is 0 Å². The van der Waals surface area contributed by atoms with E-state index in [1.807, 2.05) is 0 Å². The van der Waals surface area contributed by atoms with Crippen molar-refractivity contribution in [3.05, 3.63) is 35.4 Å². The van der Waals surface area contributed by atoms with E-state index in [9.17, 15) is 0 Å². The first-order valence-electron chi connectivity index (χ1n) is 7.27. The van der Waals surface area contributed by atoms with Crippen LogP contribution in [0.2, 0.25) is 0 Å². The van der Waals surface area contributed by atoms with Gasteiger partial charge in [-0.05, 0) is 30.0 Å². The number of aryl methyl sites for hydroxylation is 1. The summed E-state index contributed by atoms with van der Waals surface area (Å²) in [5.41, 5.74) is 8.57. The maximum absolute atomic E-state index is 5.88. The van der Waals surface area contributed by atoms with Crippen LogP contribution in [0, 0.1) is 5.92 Å². The second kappa shape index (κ2) is 8.28. The maximum Gasteiger partial charge on any atom is 0.0444 e. The first-order chi connectivity index (χ1) is 8.74. The summed E-state index contributed by atoms with van der Waals surface area (Å²) in [4.78, 5) is 0. The molecule has 102 valence electrons. The van der Waals surface area contributed by atoms with E-state index in [4.69, 9.17) is 5.73 Å². The number of nitrogens with two attached hydrogens (primary N) is 1. The van der Waals surface area contributed by atoms with E-state index in [0.29, 0.717) is 6.54 Å². The van der Waals surface area contributed by atoms with Crippen molar-refractivity contribution in [3.63, 3.8) is 0 Å². The van der Waals surface area contributed by atoms with Gasteiger partial charge in [-0.2, -0.15) is 0 Å². The van der Waals surface area contributed by atoms with E-state index in [1.165, 1.54) is 24.0 Å². The average molecular weight is 248 g/mol. The lowest BCUT2D eigenvalue weighted by Gasteiger charge is -2.21. The van der Waals surface area contributed by atoms with Crippen LogP contribution in [0.25, 0.3) is 0 Å². The van der Waals surface area contributed by atoms with Crippen molar-refractivity contribution in [2.45, 2.75) is 46.1 Å². The SMILES string of the molecule is CCc1ccc(C(CN)NCC(CC)CC)cc1. The molecule has 0 heterocycles. The fraction of sp³-hybridized carbons (Fsp3) is 0.625. The summed E-state index contributed by atoms with van der Waals surface area (Å²) >= 11 is 0. The molecule has 0 spiro atoms. The van der Waals surface area contributed by atoms with Crippen LogP contribution in [0.4, 0.5) is 0 Å². The largest absolute Gasteiger partial charge is 0.329 e. The third-order valence-corrected chi connectivity index (χ3v) is 3.83. The van der Waals surface area contributed by atoms with Gasteiger partial charge >= 0.3 is 0 Å². The van der Waals surface area contributed by atoms with Gasteiger partial charge in [0, 0.05) is 12.6 Å². The summed E-state index contributed by atoms with van der Waals surface area (Å²) < 4.78 is 0. The fourth-order valence-electron chi connectivity index (χ4n) is 2.21. The molecule has 0 aliphatic rings. The molecule has 0 aliphatic carbocycles. The third kappa shape index (κ3) is 4.43. The van der Waals surface area contributed by atoms with Crippen LogP contribution in [-0.2, 0) is 6.42 Å². The Hall–Kier alpha value is -0.860. The second-order valence-corrected chi connectivity index (χ2v) is 4.97. The molecule has 1 aromatic rings. The molecular formula is C16H28N2. The Kier molecular flexibility index (Phi) is 6.99. The van der Waals surface area contributed by atoms with E-state index in [0.717, 1.165) is 18.9 Å². The molecule has 0 aliphatic heterocycles. The minimum atomic E-state index is 0.288. The molecule has 1 rings (SSSR count). The van der Waals surface area contributed by atoms with Gasteiger partial charge in [-0.25, -0.2) is 0 Å². The van der Waals surface area contributed by atoms with Crippen molar-refractivity contribution >= 4 is 0 Å². The summed E-state index contributed by atoms with van der Waals surface area (Å²) in [7, 11) is 0. The Balaban J connectivity index is 2.58. The average Bonchev–Trinajstić information content (AvgIpc) is 2.44. The fourth-order valence-corrected chi connectivity index (χ4v) is 2.21. The van der Waals surface area contributed by atoms with Crippen LogP contribution in [0.5, 0.6) is 0 Å². The number of nitrogens with one attached hydrogen (secondary N) is 1. The number of rotatable bonds is 8. The Labute approximate surface area is 112 Å². The van der Waals surface area contributed by atoms with Gasteiger partial charge in [0.05, 0.1) is 0 Å². The molecule has 0 saturated carbocycles. The van der Waals surface area contributed by atoms with Crippen LogP contribution in [-0.4, -0.2) is 13.1 Å². The highest BCUT2D eigenvalue weighted by Gasteiger charge is 2.11. The molecule has 1 unspecified atom stereocenters. The van der Waals surface area contributed by atoms with E-state index in [1.54, 1.807) is 0 Å². The topological polar surface area (TPSA) is 38.0 Å². The first-order valence-corrected chi connectivity index (χ1v) is 7.27. The molecule has 0 bridgehead atoms. The van der Waals surface area contributed by atoms with Crippen molar-refractivity contribution < 1.29 is 0 Å². The highest BCUT2D eigenvalue weighted by molar-refractivity contribution is 5.25. The lowest BCUT2D eigenvalue weighted by atomic mass is 10.0. The highest BCUT2D eigenvalue weighted by Crippen LogP contribution is 2.15. The monoisotopic (exact) mass is 248 g/mol. The van der Waals surface area contributed by atoms with Crippen LogP contribution in [0.3, 0.4) is 0 Å². The van der Waals surface area contributed by atoms with Crippen molar-refractivity contribution in [3.8, 4) is 0 Å². The predicted octanol–water partition coefficient (Wildman–Crippen LogP) is 3.27. The molecule has 2 nitrogen and oxygen atoms in total. The van der Waals surface area contributed by atoms with E-state index >= 15 is 0 Å². The minimum absolute atomic E-state index is 0.288. The molecule has 1 atom stereocenters. The van der Waals surface area contributed by atoms with E-state index in [-0.39, 0.29) is 6.04 Å². The third-order valence-electron chi connectivity index (χ3n) is 3.83. The molecule has 3 N–H and O–H groups in total. The van der Waals surface area contributed by atoms with Crippen molar-refractivity contribution in [1.82, 2.24) is 5.32 Å². The molecule has 0 saturated heterocycles.